The highest BCUT2D eigenvalue weighted by Gasteiger charge is 2.17. The van der Waals surface area contributed by atoms with E-state index in [2.05, 4.69) is 5.32 Å². The van der Waals surface area contributed by atoms with Crippen LogP contribution in [0.3, 0.4) is 0 Å². The first-order chi connectivity index (χ1) is 7.69. The number of amides is 1. The van der Waals surface area contributed by atoms with E-state index in [1.807, 2.05) is 18.2 Å². The molecule has 0 saturated carbocycles. The molecule has 1 aromatic rings. The molecular weight excluding hydrogens is 226 g/mol. The van der Waals surface area contributed by atoms with Crippen LogP contribution in [0.15, 0.2) is 24.3 Å². The van der Waals surface area contributed by atoms with E-state index in [4.69, 9.17) is 16.7 Å². The largest absolute Gasteiger partial charge is 0.396 e. The maximum atomic E-state index is 11.3. The number of benzene rings is 1. The van der Waals surface area contributed by atoms with Gasteiger partial charge in [0.2, 0.25) is 5.91 Å². The normalized spacial score (nSPS) is 12.2. The number of halogens is 1. The quantitative estimate of drug-likeness (QED) is 0.828. The summed E-state index contributed by atoms with van der Waals surface area (Å²) >= 11 is 6.07. The molecular formula is C12H16ClNO2. The van der Waals surface area contributed by atoms with Gasteiger partial charge in [-0.05, 0) is 24.0 Å². The number of hydrogen-bond acceptors (Lipinski definition) is 2. The fourth-order valence-corrected chi connectivity index (χ4v) is 1.95. The van der Waals surface area contributed by atoms with Crippen LogP contribution in [0, 0.1) is 0 Å². The minimum absolute atomic E-state index is 0.0290. The van der Waals surface area contributed by atoms with Gasteiger partial charge in [-0.15, -0.1) is 0 Å². The Morgan fingerprint density at radius 2 is 2.19 bits per heavy atom. The van der Waals surface area contributed by atoms with Gasteiger partial charge in [0.25, 0.3) is 0 Å². The first kappa shape index (κ1) is 13.0. The van der Waals surface area contributed by atoms with Crippen molar-refractivity contribution in [2.24, 2.45) is 0 Å². The van der Waals surface area contributed by atoms with E-state index in [0.29, 0.717) is 17.9 Å². The van der Waals surface area contributed by atoms with E-state index in [-0.39, 0.29) is 18.4 Å². The maximum Gasteiger partial charge on any atom is 0.220 e. The van der Waals surface area contributed by atoms with E-state index < -0.39 is 0 Å². The third-order valence-electron chi connectivity index (χ3n) is 2.53. The van der Waals surface area contributed by atoms with Gasteiger partial charge in [0.15, 0.2) is 0 Å². The van der Waals surface area contributed by atoms with Gasteiger partial charge in [0.05, 0.1) is 0 Å². The third-order valence-corrected chi connectivity index (χ3v) is 2.88. The lowest BCUT2D eigenvalue weighted by Gasteiger charge is -2.16. The van der Waals surface area contributed by atoms with E-state index >= 15 is 0 Å². The average Bonchev–Trinajstić information content (AvgIpc) is 2.29. The Balaban J connectivity index is 2.85. The van der Waals surface area contributed by atoms with E-state index in [1.165, 1.54) is 0 Å². The molecule has 16 heavy (non-hydrogen) atoms. The number of aliphatic hydroxyl groups is 1. The molecule has 1 amide bonds. The Morgan fingerprint density at radius 1 is 1.50 bits per heavy atom. The van der Waals surface area contributed by atoms with Crippen molar-refractivity contribution in [3.05, 3.63) is 34.9 Å². The zero-order chi connectivity index (χ0) is 12.0. The Hall–Kier alpha value is -1.06. The van der Waals surface area contributed by atoms with Gasteiger partial charge in [0, 0.05) is 25.1 Å². The molecule has 4 heteroatoms. The second kappa shape index (κ2) is 6.51. The van der Waals surface area contributed by atoms with Crippen molar-refractivity contribution < 1.29 is 9.90 Å². The lowest BCUT2D eigenvalue weighted by atomic mass is 9.92. The van der Waals surface area contributed by atoms with Crippen molar-refractivity contribution in [2.75, 3.05) is 13.7 Å². The summed E-state index contributed by atoms with van der Waals surface area (Å²) in [6.45, 7) is 0.0485. The molecule has 3 nitrogen and oxygen atoms in total. The molecule has 0 spiro atoms. The van der Waals surface area contributed by atoms with E-state index in [0.717, 1.165) is 5.56 Å². The lowest BCUT2D eigenvalue weighted by molar-refractivity contribution is -0.121. The predicted octanol–water partition coefficient (Wildman–Crippen LogP) is 1.94. The van der Waals surface area contributed by atoms with Gasteiger partial charge in [-0.2, -0.15) is 0 Å². The van der Waals surface area contributed by atoms with Crippen molar-refractivity contribution in [3.8, 4) is 0 Å². The van der Waals surface area contributed by atoms with Gasteiger partial charge >= 0.3 is 0 Å². The molecule has 0 aromatic heterocycles. The minimum atomic E-state index is -0.0432. The van der Waals surface area contributed by atoms with Crippen molar-refractivity contribution >= 4 is 17.5 Å². The summed E-state index contributed by atoms with van der Waals surface area (Å²) < 4.78 is 0. The zero-order valence-electron chi connectivity index (χ0n) is 9.24. The fourth-order valence-electron chi connectivity index (χ4n) is 1.66. The highest BCUT2D eigenvalue weighted by Crippen LogP contribution is 2.29. The van der Waals surface area contributed by atoms with Crippen LogP contribution >= 0.6 is 11.6 Å². The molecule has 1 rings (SSSR count). The summed E-state index contributed by atoms with van der Waals surface area (Å²) in [6, 6.07) is 7.42. The molecule has 0 saturated heterocycles. The Morgan fingerprint density at radius 3 is 2.75 bits per heavy atom. The van der Waals surface area contributed by atoms with Gasteiger partial charge in [-0.3, -0.25) is 4.79 Å². The molecule has 0 aliphatic heterocycles. The Kier molecular flexibility index (Phi) is 5.29. The standard InChI is InChI=1S/C12H16ClNO2/c1-14-12(16)8-9(6-7-15)10-4-2-3-5-11(10)13/h2-5,9,15H,6-8H2,1H3,(H,14,16). The molecule has 1 atom stereocenters. The average molecular weight is 242 g/mol. The monoisotopic (exact) mass is 241 g/mol. The lowest BCUT2D eigenvalue weighted by Crippen LogP contribution is -2.21. The van der Waals surface area contributed by atoms with Gasteiger partial charge < -0.3 is 10.4 Å². The maximum absolute atomic E-state index is 11.3. The first-order valence-electron chi connectivity index (χ1n) is 5.25. The summed E-state index contributed by atoms with van der Waals surface area (Å²) in [6.07, 6.45) is 0.887. The first-order valence-corrected chi connectivity index (χ1v) is 5.62. The smallest absolute Gasteiger partial charge is 0.220 e. The van der Waals surface area contributed by atoms with Crippen LogP contribution in [-0.2, 0) is 4.79 Å². The molecule has 0 bridgehead atoms. The minimum Gasteiger partial charge on any atom is -0.396 e. The number of hydrogen-bond donors (Lipinski definition) is 2. The highest BCUT2D eigenvalue weighted by atomic mass is 35.5. The van der Waals surface area contributed by atoms with E-state index in [1.54, 1.807) is 13.1 Å². The topological polar surface area (TPSA) is 49.3 Å². The second-order valence-electron chi connectivity index (χ2n) is 3.61. The molecule has 2 N–H and O–H groups in total. The Bertz CT molecular complexity index is 355. The van der Waals surface area contributed by atoms with Crippen molar-refractivity contribution in [1.29, 1.82) is 0 Å². The number of carbonyl (C=O) groups is 1. The van der Waals surface area contributed by atoms with Crippen molar-refractivity contribution in [3.63, 3.8) is 0 Å². The SMILES string of the molecule is CNC(=O)CC(CCO)c1ccccc1Cl. The van der Waals surface area contributed by atoms with Crippen molar-refractivity contribution in [1.82, 2.24) is 5.32 Å². The van der Waals surface area contributed by atoms with Gasteiger partial charge in [0.1, 0.15) is 0 Å². The molecule has 1 unspecified atom stereocenters. The summed E-state index contributed by atoms with van der Waals surface area (Å²) in [4.78, 5) is 11.3. The molecule has 0 radical (unpaired) electrons. The zero-order valence-corrected chi connectivity index (χ0v) is 10.00. The predicted molar refractivity (Wildman–Crippen MR) is 64.6 cm³/mol. The third kappa shape index (κ3) is 3.51. The molecule has 0 aliphatic rings. The fraction of sp³-hybridized carbons (Fsp3) is 0.417. The number of rotatable bonds is 5. The number of aliphatic hydroxyl groups excluding tert-OH is 1. The highest BCUT2D eigenvalue weighted by molar-refractivity contribution is 6.31. The van der Waals surface area contributed by atoms with Gasteiger partial charge in [-0.25, -0.2) is 0 Å². The van der Waals surface area contributed by atoms with Crippen molar-refractivity contribution in [2.45, 2.75) is 18.8 Å². The van der Waals surface area contributed by atoms with Crippen LogP contribution in [0.2, 0.25) is 5.02 Å². The molecule has 88 valence electrons. The summed E-state index contributed by atoms with van der Waals surface area (Å²) in [5.74, 6) is -0.0722. The summed E-state index contributed by atoms with van der Waals surface area (Å²) in [5, 5.41) is 12.2. The summed E-state index contributed by atoms with van der Waals surface area (Å²) in [7, 11) is 1.60. The van der Waals surface area contributed by atoms with Crippen LogP contribution in [0.25, 0.3) is 0 Å². The number of carbonyl (C=O) groups excluding carboxylic acids is 1. The molecule has 1 aromatic carbocycles. The van der Waals surface area contributed by atoms with Gasteiger partial charge in [-0.1, -0.05) is 29.8 Å². The second-order valence-corrected chi connectivity index (χ2v) is 4.02. The van der Waals surface area contributed by atoms with Crippen LogP contribution < -0.4 is 5.32 Å². The van der Waals surface area contributed by atoms with Crippen LogP contribution in [0.1, 0.15) is 24.3 Å². The summed E-state index contributed by atoms with van der Waals surface area (Å²) in [5.41, 5.74) is 0.918. The molecule has 0 fully saturated rings. The van der Waals surface area contributed by atoms with Crippen LogP contribution in [0.4, 0.5) is 0 Å². The van der Waals surface area contributed by atoms with Crippen LogP contribution in [-0.4, -0.2) is 24.7 Å². The number of nitrogens with one attached hydrogen (secondary N) is 1. The van der Waals surface area contributed by atoms with Crippen LogP contribution in [0.5, 0.6) is 0 Å². The molecule has 0 aliphatic carbocycles. The molecule has 0 heterocycles. The van der Waals surface area contributed by atoms with E-state index in [9.17, 15) is 4.79 Å². The Labute approximate surface area is 100 Å².